The van der Waals surface area contributed by atoms with Gasteiger partial charge < -0.3 is 5.32 Å². The molecule has 5 heteroatoms. The highest BCUT2D eigenvalue weighted by atomic mass is 35.5. The number of nitrogens with one attached hydrogen (secondary N) is 1. The molecule has 1 nitrogen and oxygen atoms in total. The Balaban J connectivity index is 1.99. The lowest BCUT2D eigenvalue weighted by Gasteiger charge is -2.14. The van der Waals surface area contributed by atoms with Crippen molar-refractivity contribution >= 4 is 46.1 Å². The second kappa shape index (κ2) is 6.27. The third-order valence-corrected chi connectivity index (χ3v) is 4.67. The zero-order valence-electron chi connectivity index (χ0n) is 9.71. The van der Waals surface area contributed by atoms with Crippen molar-refractivity contribution in [2.75, 3.05) is 0 Å². The summed E-state index contributed by atoms with van der Waals surface area (Å²) in [6.45, 7) is 2.88. The van der Waals surface area contributed by atoms with Gasteiger partial charge in [-0.15, -0.1) is 11.3 Å². The molecule has 1 aromatic heterocycles. The van der Waals surface area contributed by atoms with Crippen LogP contribution >= 0.6 is 46.1 Å². The number of thiophene rings is 1. The van der Waals surface area contributed by atoms with Crippen LogP contribution in [0.3, 0.4) is 0 Å². The van der Waals surface area contributed by atoms with Crippen molar-refractivity contribution in [1.29, 1.82) is 0 Å². The van der Waals surface area contributed by atoms with Crippen LogP contribution in [-0.2, 0) is 6.54 Å². The average molecular weight is 321 g/mol. The van der Waals surface area contributed by atoms with Gasteiger partial charge in [0.05, 0.1) is 15.1 Å². The van der Waals surface area contributed by atoms with E-state index >= 15 is 0 Å². The lowest BCUT2D eigenvalue weighted by molar-refractivity contribution is 0.579. The number of benzene rings is 1. The predicted octanol–water partition coefficient (Wildman–Crippen LogP) is 5.56. The minimum atomic E-state index is 0.209. The second-order valence-electron chi connectivity index (χ2n) is 4.01. The molecule has 1 unspecified atom stereocenters. The summed E-state index contributed by atoms with van der Waals surface area (Å²) < 4.78 is 0. The number of hydrogen-bond acceptors (Lipinski definition) is 2. The first kappa shape index (κ1) is 14.2. The van der Waals surface area contributed by atoms with E-state index in [4.69, 9.17) is 34.8 Å². The van der Waals surface area contributed by atoms with Crippen LogP contribution in [0.4, 0.5) is 0 Å². The minimum Gasteiger partial charge on any atom is -0.305 e. The second-order valence-corrected chi connectivity index (χ2v) is 6.25. The zero-order valence-corrected chi connectivity index (χ0v) is 12.8. The van der Waals surface area contributed by atoms with Crippen LogP contribution in [0, 0.1) is 0 Å². The van der Waals surface area contributed by atoms with Crippen molar-refractivity contribution < 1.29 is 0 Å². The van der Waals surface area contributed by atoms with E-state index in [1.165, 1.54) is 4.88 Å². The molecule has 0 aliphatic carbocycles. The van der Waals surface area contributed by atoms with E-state index in [2.05, 4.69) is 12.2 Å². The smallest absolute Gasteiger partial charge is 0.0595 e. The van der Waals surface area contributed by atoms with Crippen molar-refractivity contribution in [3.63, 3.8) is 0 Å². The van der Waals surface area contributed by atoms with Crippen LogP contribution in [-0.4, -0.2) is 0 Å². The van der Waals surface area contributed by atoms with E-state index in [0.717, 1.165) is 17.1 Å². The topological polar surface area (TPSA) is 12.0 Å². The molecule has 0 aliphatic rings. The molecular formula is C13H12Cl3NS. The van der Waals surface area contributed by atoms with Crippen molar-refractivity contribution in [2.45, 2.75) is 19.5 Å². The Morgan fingerprint density at radius 3 is 2.56 bits per heavy atom. The minimum absolute atomic E-state index is 0.209. The highest BCUT2D eigenvalue weighted by Gasteiger charge is 2.08. The van der Waals surface area contributed by atoms with E-state index in [1.54, 1.807) is 11.3 Å². The Bertz CT molecular complexity index is 539. The molecule has 2 rings (SSSR count). The van der Waals surface area contributed by atoms with Gasteiger partial charge in [0.25, 0.3) is 0 Å². The standard InChI is InChI=1S/C13H12Cl3NS/c1-8(9-2-3-12(15)13(16)4-9)17-6-11-5-10(14)7-18-11/h2-5,7-8,17H,6H2,1H3. The maximum absolute atomic E-state index is 6.00. The molecule has 1 N–H and O–H groups in total. The lowest BCUT2D eigenvalue weighted by atomic mass is 10.1. The van der Waals surface area contributed by atoms with E-state index in [9.17, 15) is 0 Å². The molecule has 0 saturated heterocycles. The molecular weight excluding hydrogens is 309 g/mol. The molecule has 0 fully saturated rings. The first-order valence-corrected chi connectivity index (χ1v) is 7.49. The average Bonchev–Trinajstić information content (AvgIpc) is 2.75. The lowest BCUT2D eigenvalue weighted by Crippen LogP contribution is -2.17. The first-order chi connectivity index (χ1) is 8.56. The summed E-state index contributed by atoms with van der Waals surface area (Å²) in [6.07, 6.45) is 0. The van der Waals surface area contributed by atoms with Crippen LogP contribution in [0.25, 0.3) is 0 Å². The highest BCUT2D eigenvalue weighted by Crippen LogP contribution is 2.26. The van der Waals surface area contributed by atoms with Crippen molar-refractivity contribution in [2.24, 2.45) is 0 Å². The maximum Gasteiger partial charge on any atom is 0.0595 e. The van der Waals surface area contributed by atoms with Crippen LogP contribution in [0.1, 0.15) is 23.4 Å². The summed E-state index contributed by atoms with van der Waals surface area (Å²) >= 11 is 19.4. The fraction of sp³-hybridized carbons (Fsp3) is 0.231. The van der Waals surface area contributed by atoms with Crippen LogP contribution in [0.2, 0.25) is 15.1 Å². The number of halogens is 3. The summed E-state index contributed by atoms with van der Waals surface area (Å²) in [5, 5.41) is 7.32. The van der Waals surface area contributed by atoms with Crippen molar-refractivity contribution in [3.8, 4) is 0 Å². The van der Waals surface area contributed by atoms with Gasteiger partial charge in [-0.2, -0.15) is 0 Å². The monoisotopic (exact) mass is 319 g/mol. The normalized spacial score (nSPS) is 12.7. The number of hydrogen-bond donors (Lipinski definition) is 1. The Labute approximate surface area is 126 Å². The molecule has 1 heterocycles. The Morgan fingerprint density at radius 1 is 1.17 bits per heavy atom. The van der Waals surface area contributed by atoms with Crippen LogP contribution < -0.4 is 5.32 Å². The summed E-state index contributed by atoms with van der Waals surface area (Å²) in [4.78, 5) is 1.21. The fourth-order valence-electron chi connectivity index (χ4n) is 1.60. The van der Waals surface area contributed by atoms with Gasteiger partial charge >= 0.3 is 0 Å². The van der Waals surface area contributed by atoms with E-state index in [1.807, 2.05) is 29.6 Å². The molecule has 0 spiro atoms. The number of rotatable bonds is 4. The van der Waals surface area contributed by atoms with Gasteiger partial charge in [-0.05, 0) is 30.7 Å². The Morgan fingerprint density at radius 2 is 1.94 bits per heavy atom. The molecule has 1 atom stereocenters. The summed E-state index contributed by atoms with van der Waals surface area (Å²) in [7, 11) is 0. The van der Waals surface area contributed by atoms with Crippen molar-refractivity contribution in [3.05, 3.63) is 55.2 Å². The zero-order chi connectivity index (χ0) is 13.1. The molecule has 0 bridgehead atoms. The Kier molecular flexibility index (Phi) is 4.93. The molecule has 0 radical (unpaired) electrons. The molecule has 1 aromatic carbocycles. The molecule has 0 amide bonds. The summed E-state index contributed by atoms with van der Waals surface area (Å²) in [6, 6.07) is 7.87. The maximum atomic E-state index is 6.00. The third-order valence-electron chi connectivity index (χ3n) is 2.65. The highest BCUT2D eigenvalue weighted by molar-refractivity contribution is 7.10. The van der Waals surface area contributed by atoms with Gasteiger partial charge in [0.15, 0.2) is 0 Å². The van der Waals surface area contributed by atoms with Gasteiger partial charge in [-0.25, -0.2) is 0 Å². The first-order valence-electron chi connectivity index (χ1n) is 5.47. The molecule has 18 heavy (non-hydrogen) atoms. The molecule has 0 saturated carbocycles. The van der Waals surface area contributed by atoms with Gasteiger partial charge in [0, 0.05) is 22.8 Å². The van der Waals surface area contributed by atoms with Crippen molar-refractivity contribution in [1.82, 2.24) is 5.32 Å². The van der Waals surface area contributed by atoms with E-state index in [-0.39, 0.29) is 6.04 Å². The molecule has 96 valence electrons. The van der Waals surface area contributed by atoms with Crippen LogP contribution in [0.15, 0.2) is 29.6 Å². The summed E-state index contributed by atoms with van der Waals surface area (Å²) in [5.41, 5.74) is 1.12. The third kappa shape index (κ3) is 3.62. The van der Waals surface area contributed by atoms with Gasteiger partial charge in [0.1, 0.15) is 0 Å². The van der Waals surface area contributed by atoms with Gasteiger partial charge in [0.2, 0.25) is 0 Å². The van der Waals surface area contributed by atoms with E-state index in [0.29, 0.717) is 10.0 Å². The Hall–Kier alpha value is -0.250. The van der Waals surface area contributed by atoms with Gasteiger partial charge in [-0.1, -0.05) is 40.9 Å². The van der Waals surface area contributed by atoms with Gasteiger partial charge in [-0.3, -0.25) is 0 Å². The predicted molar refractivity (Wildman–Crippen MR) is 81.0 cm³/mol. The molecule has 2 aromatic rings. The summed E-state index contributed by atoms with van der Waals surface area (Å²) in [5.74, 6) is 0. The SMILES string of the molecule is CC(NCc1cc(Cl)cs1)c1ccc(Cl)c(Cl)c1. The fourth-order valence-corrected chi connectivity index (χ4v) is 2.93. The quantitative estimate of drug-likeness (QED) is 0.777. The van der Waals surface area contributed by atoms with E-state index < -0.39 is 0 Å². The van der Waals surface area contributed by atoms with Crippen LogP contribution in [0.5, 0.6) is 0 Å². The molecule has 0 aliphatic heterocycles. The largest absolute Gasteiger partial charge is 0.305 e.